The number of nitrogens with one attached hydrogen (secondary N) is 1. The lowest BCUT2D eigenvalue weighted by Crippen LogP contribution is -2.43. The summed E-state index contributed by atoms with van der Waals surface area (Å²) in [6.07, 6.45) is 9.65. The van der Waals surface area contributed by atoms with Crippen LogP contribution in [0, 0.1) is 5.92 Å². The van der Waals surface area contributed by atoms with Crippen molar-refractivity contribution in [3.63, 3.8) is 0 Å². The van der Waals surface area contributed by atoms with Gasteiger partial charge in [-0.15, -0.1) is 0 Å². The van der Waals surface area contributed by atoms with E-state index in [-0.39, 0.29) is 29.4 Å². The van der Waals surface area contributed by atoms with Crippen molar-refractivity contribution in [2.45, 2.75) is 51.0 Å². The summed E-state index contributed by atoms with van der Waals surface area (Å²) in [6.45, 7) is 1.44. The van der Waals surface area contributed by atoms with Crippen LogP contribution in [0.15, 0.2) is 42.7 Å². The molecular weight excluding hydrogens is 518 g/mol. The van der Waals surface area contributed by atoms with Crippen LogP contribution >= 0.6 is 0 Å². The van der Waals surface area contributed by atoms with E-state index in [1.54, 1.807) is 6.20 Å². The fourth-order valence-electron chi connectivity index (χ4n) is 5.42. The molecule has 1 amide bonds. The number of benzene rings is 1. The first-order chi connectivity index (χ1) is 18.8. The highest BCUT2D eigenvalue weighted by atomic mass is 32.2. The molecule has 2 aliphatic rings. The molecule has 0 unspecified atom stereocenters. The number of hydrogen-bond donors (Lipinski definition) is 1. The topological polar surface area (TPSA) is 123 Å². The Kier molecular flexibility index (Phi) is 8.15. The third kappa shape index (κ3) is 6.76. The van der Waals surface area contributed by atoms with Crippen LogP contribution < -0.4 is 10.1 Å². The zero-order chi connectivity index (χ0) is 27.4. The summed E-state index contributed by atoms with van der Waals surface area (Å²) in [4.78, 5) is 35.4. The van der Waals surface area contributed by atoms with Gasteiger partial charge in [0.25, 0.3) is 0 Å². The molecule has 1 saturated heterocycles. The van der Waals surface area contributed by atoms with Crippen molar-refractivity contribution in [3.05, 3.63) is 42.7 Å². The highest BCUT2D eigenvalue weighted by Crippen LogP contribution is 2.30. The summed E-state index contributed by atoms with van der Waals surface area (Å²) in [6, 6.07) is 9.79. The van der Waals surface area contributed by atoms with Gasteiger partial charge in [0.1, 0.15) is 27.2 Å². The van der Waals surface area contributed by atoms with E-state index < -0.39 is 9.84 Å². The fourth-order valence-corrected chi connectivity index (χ4v) is 6.07. The number of ketones is 1. The Morgan fingerprint density at radius 1 is 1.10 bits per heavy atom. The third-order valence-corrected chi connectivity index (χ3v) is 8.57. The van der Waals surface area contributed by atoms with E-state index in [4.69, 9.17) is 9.72 Å². The molecule has 3 heterocycles. The Hall–Kier alpha value is -3.47. The van der Waals surface area contributed by atoms with Crippen molar-refractivity contribution < 1.29 is 22.7 Å². The Balaban J connectivity index is 1.20. The van der Waals surface area contributed by atoms with Crippen molar-refractivity contribution >= 4 is 38.4 Å². The summed E-state index contributed by atoms with van der Waals surface area (Å²) in [7, 11) is -3.01. The molecule has 1 aliphatic heterocycles. The highest BCUT2D eigenvalue weighted by molar-refractivity contribution is 7.90. The molecule has 1 saturated carbocycles. The number of carbonyl (C=O) groups is 2. The fraction of sp³-hybridized carbons (Fsp3) is 0.500. The molecule has 0 atom stereocenters. The average molecular weight is 554 g/mol. The van der Waals surface area contributed by atoms with Gasteiger partial charge in [0.2, 0.25) is 11.9 Å². The minimum Gasteiger partial charge on any atom is -0.493 e. The number of Topliss-reactive ketones (excluding diaryl/α,β-unsaturated/α-hetero) is 1. The molecule has 208 valence electrons. The maximum absolute atomic E-state index is 12.9. The van der Waals surface area contributed by atoms with Crippen LogP contribution in [0.3, 0.4) is 0 Å². The Morgan fingerprint density at radius 2 is 1.87 bits per heavy atom. The molecule has 0 radical (unpaired) electrons. The van der Waals surface area contributed by atoms with Crippen LogP contribution in [0.2, 0.25) is 0 Å². The molecule has 1 N–H and O–H groups in total. The van der Waals surface area contributed by atoms with Gasteiger partial charge in [0.15, 0.2) is 0 Å². The number of rotatable bonds is 9. The SMILES string of the molecule is CS(=O)(=O)CCCOc1cccc2c1ccn2-c1ccnc(N[C@H]2CC[C@H](C(=O)N3CCC(=O)CC3)CC2)n1. The second-order valence-corrected chi connectivity index (χ2v) is 12.8. The first kappa shape index (κ1) is 27.1. The number of amides is 1. The number of fused-ring (bicyclic) bond motifs is 1. The quantitative estimate of drug-likeness (QED) is 0.400. The summed E-state index contributed by atoms with van der Waals surface area (Å²) >= 11 is 0. The lowest BCUT2D eigenvalue weighted by atomic mass is 9.85. The van der Waals surface area contributed by atoms with Crippen molar-refractivity contribution in [2.24, 2.45) is 5.92 Å². The highest BCUT2D eigenvalue weighted by Gasteiger charge is 2.31. The number of carbonyl (C=O) groups excluding carboxylic acids is 2. The smallest absolute Gasteiger partial charge is 0.225 e. The molecule has 1 aromatic carbocycles. The van der Waals surface area contributed by atoms with Gasteiger partial charge in [-0.1, -0.05) is 6.07 Å². The zero-order valence-electron chi connectivity index (χ0n) is 22.2. The standard InChI is InChI=1S/C28H35N5O5S/c1-39(36,37)19-3-18-38-25-5-2-4-24-23(25)13-17-33(24)26-10-14-29-28(31-26)30-21-8-6-20(7-9-21)27(35)32-15-11-22(34)12-16-32/h2,4-5,10,13-14,17,20-21H,3,6-9,11-12,15-16,18-19H2,1H3,(H,29,30,31)/t20-,21-. The number of nitrogens with zero attached hydrogens (tertiary/aromatic N) is 4. The predicted octanol–water partition coefficient (Wildman–Crippen LogP) is 3.40. The molecule has 2 fully saturated rings. The third-order valence-electron chi connectivity index (χ3n) is 7.54. The number of hydrogen-bond acceptors (Lipinski definition) is 8. The zero-order valence-corrected chi connectivity index (χ0v) is 23.0. The number of sulfone groups is 1. The Bertz CT molecular complexity index is 1440. The maximum atomic E-state index is 12.9. The molecule has 39 heavy (non-hydrogen) atoms. The lowest BCUT2D eigenvalue weighted by Gasteiger charge is -2.33. The van der Waals surface area contributed by atoms with Gasteiger partial charge in [-0.2, -0.15) is 4.98 Å². The first-order valence-corrected chi connectivity index (χ1v) is 15.6. The van der Waals surface area contributed by atoms with Gasteiger partial charge >= 0.3 is 0 Å². The van der Waals surface area contributed by atoms with Gasteiger partial charge in [-0.05, 0) is 56.4 Å². The molecule has 0 spiro atoms. The van der Waals surface area contributed by atoms with Gasteiger partial charge in [-0.25, -0.2) is 13.4 Å². The van der Waals surface area contributed by atoms with E-state index in [1.165, 1.54) is 6.26 Å². The first-order valence-electron chi connectivity index (χ1n) is 13.6. The minimum atomic E-state index is -3.01. The van der Waals surface area contributed by atoms with E-state index in [9.17, 15) is 18.0 Å². The number of anilines is 1. The molecule has 2 aromatic heterocycles. The molecule has 10 nitrogen and oxygen atoms in total. The number of piperidine rings is 1. The van der Waals surface area contributed by atoms with Gasteiger partial charge in [0, 0.05) is 61.9 Å². The minimum absolute atomic E-state index is 0.0255. The van der Waals surface area contributed by atoms with Crippen LogP contribution in [-0.4, -0.2) is 77.3 Å². The van der Waals surface area contributed by atoms with Crippen molar-refractivity contribution in [2.75, 3.05) is 37.0 Å². The molecule has 5 rings (SSSR count). The van der Waals surface area contributed by atoms with E-state index in [0.29, 0.717) is 50.7 Å². The lowest BCUT2D eigenvalue weighted by molar-refractivity contribution is -0.139. The van der Waals surface area contributed by atoms with E-state index in [2.05, 4.69) is 10.3 Å². The van der Waals surface area contributed by atoms with Crippen LogP contribution in [0.25, 0.3) is 16.7 Å². The largest absolute Gasteiger partial charge is 0.493 e. The summed E-state index contributed by atoms with van der Waals surface area (Å²) in [5.74, 6) is 2.54. The van der Waals surface area contributed by atoms with Crippen LogP contribution in [0.4, 0.5) is 5.95 Å². The molecule has 0 bridgehead atoms. The second kappa shape index (κ2) is 11.7. The van der Waals surface area contributed by atoms with Gasteiger partial charge < -0.3 is 19.5 Å². The Labute approximate surface area is 228 Å². The van der Waals surface area contributed by atoms with Crippen molar-refractivity contribution in [1.29, 1.82) is 0 Å². The average Bonchev–Trinajstić information content (AvgIpc) is 3.36. The summed E-state index contributed by atoms with van der Waals surface area (Å²) in [5, 5.41) is 4.38. The van der Waals surface area contributed by atoms with Gasteiger partial charge in [0.05, 0.1) is 17.9 Å². The van der Waals surface area contributed by atoms with Crippen LogP contribution in [0.5, 0.6) is 5.75 Å². The number of ether oxygens (including phenoxy) is 1. The van der Waals surface area contributed by atoms with Gasteiger partial charge in [-0.3, -0.25) is 9.59 Å². The predicted molar refractivity (Wildman–Crippen MR) is 149 cm³/mol. The van der Waals surface area contributed by atoms with Crippen molar-refractivity contribution in [3.8, 4) is 11.6 Å². The van der Waals surface area contributed by atoms with E-state index >= 15 is 0 Å². The summed E-state index contributed by atoms with van der Waals surface area (Å²) < 4.78 is 30.6. The monoisotopic (exact) mass is 553 g/mol. The van der Waals surface area contributed by atoms with Crippen LogP contribution in [-0.2, 0) is 19.4 Å². The Morgan fingerprint density at radius 3 is 2.62 bits per heavy atom. The van der Waals surface area contributed by atoms with E-state index in [0.717, 1.165) is 42.4 Å². The van der Waals surface area contributed by atoms with Crippen LogP contribution in [0.1, 0.15) is 44.9 Å². The second-order valence-electron chi connectivity index (χ2n) is 10.5. The molecule has 1 aliphatic carbocycles. The number of aromatic nitrogens is 3. The molecule has 3 aromatic rings. The molecular formula is C28H35N5O5S. The number of likely N-dealkylation sites (tertiary alicyclic amines) is 1. The van der Waals surface area contributed by atoms with E-state index in [1.807, 2.05) is 46.0 Å². The maximum Gasteiger partial charge on any atom is 0.225 e. The summed E-state index contributed by atoms with van der Waals surface area (Å²) in [5.41, 5.74) is 0.929. The molecule has 11 heteroatoms. The van der Waals surface area contributed by atoms with Crippen molar-refractivity contribution in [1.82, 2.24) is 19.4 Å². The normalized spacial score (nSPS) is 20.2.